The molecule has 0 unspecified atom stereocenters. The molecule has 0 bridgehead atoms. The van der Waals surface area contributed by atoms with Crippen molar-refractivity contribution in [3.05, 3.63) is 78.5 Å². The van der Waals surface area contributed by atoms with Gasteiger partial charge >= 0.3 is 0 Å². The molecule has 7 nitrogen and oxygen atoms in total. The van der Waals surface area contributed by atoms with Crippen LogP contribution in [0.2, 0.25) is 0 Å². The Morgan fingerprint density at radius 1 is 1.00 bits per heavy atom. The van der Waals surface area contributed by atoms with Crippen LogP contribution in [-0.2, 0) is 17.1 Å². The zero-order valence-corrected chi connectivity index (χ0v) is 19.7. The maximum Gasteiger partial charge on any atom is 0.244 e. The van der Waals surface area contributed by atoms with Gasteiger partial charge in [-0.15, -0.1) is 0 Å². The molecule has 0 aliphatic heterocycles. The molecule has 2 aromatic carbocycles. The van der Waals surface area contributed by atoms with E-state index < -0.39 is 10.0 Å². The number of pyridine rings is 1. The van der Waals surface area contributed by atoms with Gasteiger partial charge in [0.05, 0.1) is 11.9 Å². The molecule has 170 valence electrons. The number of hydrazone groups is 1. The van der Waals surface area contributed by atoms with Crippen molar-refractivity contribution in [2.24, 2.45) is 12.1 Å². The highest BCUT2D eigenvalue weighted by molar-refractivity contribution is 7.89. The Kier molecular flexibility index (Phi) is 6.57. The van der Waals surface area contributed by atoms with Crippen LogP contribution in [0.5, 0.6) is 0 Å². The minimum Gasteiger partial charge on any atom is -0.343 e. The molecule has 0 aliphatic rings. The Labute approximate surface area is 194 Å². The molecule has 0 atom stereocenters. The number of hydrogen-bond acceptors (Lipinski definition) is 5. The number of para-hydroxylation sites is 1. The molecule has 0 spiro atoms. The number of rotatable bonds is 8. The fraction of sp³-hybridized carbons (Fsp3) is 0.200. The molecule has 2 heterocycles. The number of aryl methyl sites for hydroxylation is 1. The quantitative estimate of drug-likeness (QED) is 0.304. The van der Waals surface area contributed by atoms with Crippen LogP contribution in [0.1, 0.15) is 19.4 Å². The first-order chi connectivity index (χ1) is 16.0. The van der Waals surface area contributed by atoms with Crippen LogP contribution in [0, 0.1) is 0 Å². The zero-order chi connectivity index (χ0) is 23.4. The number of hydrogen-bond donors (Lipinski definition) is 1. The minimum absolute atomic E-state index is 0.168. The summed E-state index contributed by atoms with van der Waals surface area (Å²) in [4.78, 5) is 4.41. The van der Waals surface area contributed by atoms with E-state index in [9.17, 15) is 8.42 Å². The van der Waals surface area contributed by atoms with Gasteiger partial charge < -0.3 is 4.57 Å². The van der Waals surface area contributed by atoms with E-state index in [0.717, 1.165) is 27.7 Å². The van der Waals surface area contributed by atoms with E-state index in [0.29, 0.717) is 18.9 Å². The van der Waals surface area contributed by atoms with Crippen LogP contribution in [0.25, 0.3) is 22.2 Å². The Bertz CT molecular complexity index is 1370. The van der Waals surface area contributed by atoms with Crippen LogP contribution in [0.4, 0.5) is 5.82 Å². The molecule has 0 radical (unpaired) electrons. The van der Waals surface area contributed by atoms with Crippen LogP contribution in [0.15, 0.2) is 82.9 Å². The third-order valence-corrected chi connectivity index (χ3v) is 7.68. The highest BCUT2D eigenvalue weighted by Gasteiger charge is 2.21. The lowest BCUT2D eigenvalue weighted by atomic mass is 10.1. The molecule has 8 heteroatoms. The van der Waals surface area contributed by atoms with Crippen molar-refractivity contribution in [2.75, 3.05) is 18.5 Å². The third kappa shape index (κ3) is 4.40. The lowest BCUT2D eigenvalue weighted by Gasteiger charge is -2.18. The molecule has 0 fully saturated rings. The van der Waals surface area contributed by atoms with Gasteiger partial charge in [0, 0.05) is 42.8 Å². The predicted octanol–water partition coefficient (Wildman–Crippen LogP) is 4.72. The molecule has 0 aliphatic carbocycles. The highest BCUT2D eigenvalue weighted by atomic mass is 32.2. The predicted molar refractivity (Wildman–Crippen MR) is 134 cm³/mol. The summed E-state index contributed by atoms with van der Waals surface area (Å²) in [5.41, 5.74) is 7.19. The molecule has 2 aromatic heterocycles. The number of sulfonamides is 1. The second kappa shape index (κ2) is 9.56. The first-order valence-electron chi connectivity index (χ1n) is 10.9. The fourth-order valence-corrected chi connectivity index (χ4v) is 5.38. The van der Waals surface area contributed by atoms with Gasteiger partial charge in [-0.05, 0) is 23.8 Å². The van der Waals surface area contributed by atoms with Crippen LogP contribution in [0.3, 0.4) is 0 Å². The topological polar surface area (TPSA) is 79.6 Å². The highest BCUT2D eigenvalue weighted by Crippen LogP contribution is 2.31. The monoisotopic (exact) mass is 461 g/mol. The van der Waals surface area contributed by atoms with E-state index in [-0.39, 0.29) is 4.90 Å². The van der Waals surface area contributed by atoms with Crippen molar-refractivity contribution in [3.8, 4) is 11.3 Å². The summed E-state index contributed by atoms with van der Waals surface area (Å²) in [6, 6.07) is 21.6. The lowest BCUT2D eigenvalue weighted by Crippen LogP contribution is -2.30. The van der Waals surface area contributed by atoms with Crippen molar-refractivity contribution in [3.63, 3.8) is 0 Å². The summed E-state index contributed by atoms with van der Waals surface area (Å²) < 4.78 is 28.8. The van der Waals surface area contributed by atoms with E-state index in [1.165, 1.54) is 10.5 Å². The average Bonchev–Trinajstić information content (AvgIpc) is 3.12. The summed E-state index contributed by atoms with van der Waals surface area (Å²) in [6.45, 7) is 4.46. The van der Waals surface area contributed by atoms with Crippen LogP contribution >= 0.6 is 0 Å². The average molecular weight is 462 g/mol. The maximum atomic E-state index is 12.6. The number of nitrogens with one attached hydrogen (secondary N) is 1. The zero-order valence-electron chi connectivity index (χ0n) is 18.9. The van der Waals surface area contributed by atoms with Gasteiger partial charge in [0.25, 0.3) is 0 Å². The van der Waals surface area contributed by atoms with Gasteiger partial charge in [-0.3, -0.25) is 5.43 Å². The number of benzene rings is 2. The van der Waals surface area contributed by atoms with Crippen LogP contribution < -0.4 is 5.43 Å². The SMILES string of the molecule is CCN(CC)S(=O)(=O)c1ccc(NN=Cc2c(-c3ccccc3)n(C)c3ccccc23)nc1. The number of fused-ring (bicyclic) bond motifs is 1. The first-order valence-corrected chi connectivity index (χ1v) is 12.3. The van der Waals surface area contributed by atoms with Gasteiger partial charge in [-0.1, -0.05) is 62.4 Å². The molecule has 4 rings (SSSR count). The van der Waals surface area contributed by atoms with Crippen molar-refractivity contribution in [1.29, 1.82) is 0 Å². The van der Waals surface area contributed by atoms with E-state index in [4.69, 9.17) is 0 Å². The Morgan fingerprint density at radius 3 is 2.36 bits per heavy atom. The van der Waals surface area contributed by atoms with E-state index in [2.05, 4.69) is 44.3 Å². The number of nitrogens with zero attached hydrogens (tertiary/aromatic N) is 4. The minimum atomic E-state index is -3.54. The number of anilines is 1. The Balaban J connectivity index is 1.63. The number of aromatic nitrogens is 2. The molecule has 1 N–H and O–H groups in total. The second-order valence-electron chi connectivity index (χ2n) is 7.54. The van der Waals surface area contributed by atoms with E-state index in [1.807, 2.05) is 51.2 Å². The summed E-state index contributed by atoms with van der Waals surface area (Å²) in [5.74, 6) is 0.464. The summed E-state index contributed by atoms with van der Waals surface area (Å²) in [5, 5.41) is 5.51. The Morgan fingerprint density at radius 2 is 1.70 bits per heavy atom. The molecule has 0 amide bonds. The molecular formula is C25H27N5O2S. The molecular weight excluding hydrogens is 434 g/mol. The summed E-state index contributed by atoms with van der Waals surface area (Å²) in [6.07, 6.45) is 3.14. The normalized spacial score (nSPS) is 12.1. The Hall–Kier alpha value is -3.49. The van der Waals surface area contributed by atoms with Gasteiger partial charge in [0.15, 0.2) is 0 Å². The van der Waals surface area contributed by atoms with Crippen molar-refractivity contribution < 1.29 is 8.42 Å². The van der Waals surface area contributed by atoms with Gasteiger partial charge in [-0.2, -0.15) is 9.41 Å². The van der Waals surface area contributed by atoms with Gasteiger partial charge in [0.2, 0.25) is 10.0 Å². The van der Waals surface area contributed by atoms with Crippen molar-refractivity contribution >= 4 is 33.0 Å². The third-order valence-electron chi connectivity index (χ3n) is 5.65. The molecule has 0 saturated carbocycles. The van der Waals surface area contributed by atoms with E-state index >= 15 is 0 Å². The summed E-state index contributed by atoms with van der Waals surface area (Å²) >= 11 is 0. The standard InChI is InChI=1S/C25H27N5O2S/c1-4-30(5-2)33(31,32)20-15-16-24(26-17-20)28-27-18-22-21-13-9-10-14-23(21)29(3)25(22)19-11-7-6-8-12-19/h6-18H,4-5H2,1-3H3,(H,26,28). The molecule has 0 saturated heterocycles. The molecule has 4 aromatic rings. The fourth-order valence-electron chi connectivity index (χ4n) is 3.97. The second-order valence-corrected chi connectivity index (χ2v) is 9.48. The maximum absolute atomic E-state index is 12.6. The smallest absolute Gasteiger partial charge is 0.244 e. The van der Waals surface area contributed by atoms with Crippen molar-refractivity contribution in [1.82, 2.24) is 13.9 Å². The van der Waals surface area contributed by atoms with Gasteiger partial charge in [-0.25, -0.2) is 13.4 Å². The summed E-state index contributed by atoms with van der Waals surface area (Å²) in [7, 11) is -1.49. The molecule has 33 heavy (non-hydrogen) atoms. The van der Waals surface area contributed by atoms with Crippen LogP contribution in [-0.4, -0.2) is 41.6 Å². The first kappa shape index (κ1) is 22.7. The lowest BCUT2D eigenvalue weighted by molar-refractivity contribution is 0.445. The largest absolute Gasteiger partial charge is 0.343 e. The van der Waals surface area contributed by atoms with Gasteiger partial charge in [0.1, 0.15) is 10.7 Å². The van der Waals surface area contributed by atoms with E-state index in [1.54, 1.807) is 18.3 Å². The van der Waals surface area contributed by atoms with Crippen molar-refractivity contribution in [2.45, 2.75) is 18.7 Å².